The Labute approximate surface area is 161 Å². The highest BCUT2D eigenvalue weighted by Gasteiger charge is 2.28. The van der Waals surface area contributed by atoms with Crippen LogP contribution in [0, 0.1) is 28.9 Å². The van der Waals surface area contributed by atoms with Crippen molar-refractivity contribution in [2.45, 2.75) is 19.9 Å². The molecule has 1 heterocycles. The first-order chi connectivity index (χ1) is 13.4. The summed E-state index contributed by atoms with van der Waals surface area (Å²) in [5, 5.41) is 8.88. The summed E-state index contributed by atoms with van der Waals surface area (Å²) in [4.78, 5) is 6.20. The lowest BCUT2D eigenvalue weighted by Gasteiger charge is -2.35. The fourth-order valence-corrected chi connectivity index (χ4v) is 3.01. The van der Waals surface area contributed by atoms with Gasteiger partial charge in [-0.2, -0.15) is 9.65 Å². The van der Waals surface area contributed by atoms with Crippen molar-refractivity contribution in [1.29, 1.82) is 5.26 Å². The van der Waals surface area contributed by atoms with Crippen molar-refractivity contribution >= 4 is 11.5 Å². The van der Waals surface area contributed by atoms with Crippen LogP contribution in [0.1, 0.15) is 31.0 Å². The van der Waals surface area contributed by atoms with Gasteiger partial charge in [0, 0.05) is 11.5 Å². The monoisotopic (exact) mass is 381 g/mol. The Morgan fingerprint density at radius 3 is 2.18 bits per heavy atom. The molecule has 0 spiro atoms. The number of benzene rings is 2. The van der Waals surface area contributed by atoms with Crippen LogP contribution in [0.15, 0.2) is 71.6 Å². The largest absolute Gasteiger partial charge is 0.321 e. The molecule has 1 aliphatic heterocycles. The molecule has 0 radical (unpaired) electrons. The third-order valence-corrected chi connectivity index (χ3v) is 4.34. The first kappa shape index (κ1) is 19.4. The molecule has 0 saturated carbocycles. The van der Waals surface area contributed by atoms with Gasteiger partial charge in [-0.05, 0) is 48.0 Å². The van der Waals surface area contributed by atoms with E-state index in [4.69, 9.17) is 5.26 Å². The van der Waals surface area contributed by atoms with Gasteiger partial charge >= 0.3 is 0 Å². The quantitative estimate of drug-likeness (QED) is 0.633. The lowest BCUT2D eigenvalue weighted by Crippen LogP contribution is -2.35. The number of hydrogen-bond donors (Lipinski definition) is 0. The Kier molecular flexibility index (Phi) is 5.65. The van der Waals surface area contributed by atoms with Crippen LogP contribution in [-0.4, -0.2) is 10.7 Å². The summed E-state index contributed by atoms with van der Waals surface area (Å²) in [5.74, 6) is -1.25. The molecule has 0 saturated heterocycles. The Hall–Kier alpha value is -3.33. The van der Waals surface area contributed by atoms with Crippen LogP contribution < -0.4 is 0 Å². The molecule has 3 nitrogen and oxygen atoms in total. The van der Waals surface area contributed by atoms with E-state index >= 15 is 0 Å². The summed E-state index contributed by atoms with van der Waals surface area (Å²) in [5.41, 5.74) is 2.01. The number of halogens is 3. The molecule has 2 aromatic carbocycles. The Bertz CT molecular complexity index is 981. The maximum Gasteiger partial charge on any atom is 0.216 e. The zero-order valence-electron chi connectivity index (χ0n) is 15.4. The first-order valence-corrected chi connectivity index (χ1v) is 8.76. The van der Waals surface area contributed by atoms with E-state index in [1.807, 2.05) is 13.8 Å². The van der Waals surface area contributed by atoms with Crippen molar-refractivity contribution in [3.63, 3.8) is 0 Å². The van der Waals surface area contributed by atoms with Gasteiger partial charge in [-0.1, -0.05) is 26.0 Å². The Morgan fingerprint density at radius 2 is 1.64 bits per heavy atom. The molecule has 1 aliphatic rings. The fraction of sp³-hybridized carbons (Fsp3) is 0.182. The average molecular weight is 381 g/mol. The number of rotatable bonds is 4. The maximum atomic E-state index is 13.9. The summed E-state index contributed by atoms with van der Waals surface area (Å²) in [6, 6.07) is 12.7. The molecule has 28 heavy (non-hydrogen) atoms. The number of nitrogens with zero attached hydrogens (tertiary/aromatic N) is 3. The molecule has 6 heteroatoms. The highest BCUT2D eigenvalue weighted by Crippen LogP contribution is 2.35. The van der Waals surface area contributed by atoms with Crippen LogP contribution in [-0.2, 0) is 0 Å². The van der Waals surface area contributed by atoms with Gasteiger partial charge in [0.15, 0.2) is 0 Å². The average Bonchev–Trinajstić information content (AvgIpc) is 2.69. The number of aliphatic imine (C=N–C) groups is 1. The lowest BCUT2D eigenvalue weighted by molar-refractivity contribution is 0.440. The van der Waals surface area contributed by atoms with Gasteiger partial charge < -0.3 is 4.90 Å². The molecule has 0 amide bonds. The van der Waals surface area contributed by atoms with Crippen LogP contribution in [0.3, 0.4) is 0 Å². The summed E-state index contributed by atoms with van der Waals surface area (Å²) in [6.45, 7) is 3.80. The van der Waals surface area contributed by atoms with Crippen LogP contribution in [0.2, 0.25) is 0 Å². The normalized spacial score (nSPS) is 17.2. The van der Waals surface area contributed by atoms with Gasteiger partial charge in [0.05, 0.1) is 17.9 Å². The van der Waals surface area contributed by atoms with Crippen LogP contribution in [0.25, 0.3) is 5.70 Å². The van der Waals surface area contributed by atoms with Gasteiger partial charge in [-0.3, -0.25) is 0 Å². The van der Waals surface area contributed by atoms with E-state index in [9.17, 15) is 13.2 Å². The third-order valence-electron chi connectivity index (χ3n) is 4.34. The summed E-state index contributed by atoms with van der Waals surface area (Å²) in [6.07, 6.45) is 2.89. The van der Waals surface area contributed by atoms with Crippen molar-refractivity contribution in [2.75, 3.05) is 0 Å². The Morgan fingerprint density at radius 1 is 1.07 bits per heavy atom. The van der Waals surface area contributed by atoms with Gasteiger partial charge in [0.1, 0.15) is 23.5 Å². The highest BCUT2D eigenvalue weighted by atomic mass is 19.1. The molecular formula is C22H18F3N3. The van der Waals surface area contributed by atoms with Gasteiger partial charge in [-0.25, -0.2) is 13.8 Å². The zero-order chi connectivity index (χ0) is 20.3. The van der Waals surface area contributed by atoms with Gasteiger partial charge in [0.25, 0.3) is 0 Å². The number of nitriles is 1. The van der Waals surface area contributed by atoms with E-state index in [0.29, 0.717) is 22.7 Å². The second-order valence-electron chi connectivity index (χ2n) is 6.68. The predicted octanol–water partition coefficient (Wildman–Crippen LogP) is 5.75. The fourth-order valence-electron chi connectivity index (χ4n) is 3.01. The molecule has 142 valence electrons. The summed E-state index contributed by atoms with van der Waals surface area (Å²) in [7, 11) is 0. The zero-order valence-corrected chi connectivity index (χ0v) is 15.4. The van der Waals surface area contributed by atoms with Crippen molar-refractivity contribution in [2.24, 2.45) is 10.9 Å². The molecule has 0 aromatic heterocycles. The minimum atomic E-state index is -0.959. The second kappa shape index (κ2) is 8.13. The molecular weight excluding hydrogens is 363 g/mol. The van der Waals surface area contributed by atoms with E-state index in [-0.39, 0.29) is 17.6 Å². The molecule has 0 aliphatic carbocycles. The summed E-state index contributed by atoms with van der Waals surface area (Å²) < 4.78 is 40.6. The predicted molar refractivity (Wildman–Crippen MR) is 102 cm³/mol. The molecule has 0 N–H and O–H groups in total. The maximum absolute atomic E-state index is 13.9. The molecule has 0 fully saturated rings. The second-order valence-corrected chi connectivity index (χ2v) is 6.68. The number of allylic oxidation sites excluding steroid dienone is 1. The smallest absolute Gasteiger partial charge is 0.216 e. The number of amidine groups is 1. The standard InChI is InChI=1S/C22H18F3N3/c1-14(2)22-27-20(15-3-7-17(23)8-4-15)11-21(28(22)13-19(25)12-26)16-5-9-18(24)10-6-16/h3-11,13-14,21H,1-2H3. The third kappa shape index (κ3) is 4.15. The lowest BCUT2D eigenvalue weighted by atomic mass is 9.98. The summed E-state index contributed by atoms with van der Waals surface area (Å²) >= 11 is 0. The number of hydrogen-bond acceptors (Lipinski definition) is 3. The molecule has 2 aromatic rings. The van der Waals surface area contributed by atoms with E-state index < -0.39 is 11.9 Å². The van der Waals surface area contributed by atoms with Crippen molar-refractivity contribution < 1.29 is 13.2 Å². The molecule has 3 rings (SSSR count). The van der Waals surface area contributed by atoms with E-state index in [0.717, 1.165) is 6.20 Å². The molecule has 0 bridgehead atoms. The Balaban J connectivity index is 2.16. The molecule has 1 atom stereocenters. The van der Waals surface area contributed by atoms with E-state index in [1.165, 1.54) is 30.3 Å². The SMILES string of the molecule is CC(C)C1=NC(c2ccc(F)cc2)=CC(c2ccc(F)cc2)N1C=C(F)C#N. The van der Waals surface area contributed by atoms with Crippen LogP contribution >= 0.6 is 0 Å². The van der Waals surface area contributed by atoms with Gasteiger partial charge in [-0.15, -0.1) is 0 Å². The van der Waals surface area contributed by atoms with Gasteiger partial charge in [0.2, 0.25) is 5.83 Å². The minimum Gasteiger partial charge on any atom is -0.321 e. The van der Waals surface area contributed by atoms with Crippen molar-refractivity contribution in [3.8, 4) is 6.07 Å². The van der Waals surface area contributed by atoms with E-state index in [1.54, 1.807) is 35.2 Å². The first-order valence-electron chi connectivity index (χ1n) is 8.76. The molecule has 1 unspecified atom stereocenters. The highest BCUT2D eigenvalue weighted by molar-refractivity contribution is 5.93. The van der Waals surface area contributed by atoms with Crippen LogP contribution in [0.4, 0.5) is 13.2 Å². The topological polar surface area (TPSA) is 39.4 Å². The van der Waals surface area contributed by atoms with Crippen molar-refractivity contribution in [3.05, 3.63) is 89.4 Å². The minimum absolute atomic E-state index is 0.0881. The van der Waals surface area contributed by atoms with Crippen LogP contribution in [0.5, 0.6) is 0 Å². The van der Waals surface area contributed by atoms with E-state index in [2.05, 4.69) is 4.99 Å². The van der Waals surface area contributed by atoms with Crippen molar-refractivity contribution in [1.82, 2.24) is 4.90 Å².